The minimum atomic E-state index is -0.489. The fourth-order valence-corrected chi connectivity index (χ4v) is 3.27. The third-order valence-electron chi connectivity index (χ3n) is 4.35. The van der Waals surface area contributed by atoms with Gasteiger partial charge in [0.1, 0.15) is 11.6 Å². The van der Waals surface area contributed by atoms with E-state index in [-0.39, 0.29) is 28.8 Å². The molecule has 1 amide bonds. The predicted octanol–water partition coefficient (Wildman–Crippen LogP) is 3.10. The molecule has 0 saturated carbocycles. The SMILES string of the molecule is O=C(c1ccc(F)cc1Cl)N1CCn2c(nnc2-c2ccccc2O)C1. The number of carbonyl (C=O) groups excluding carboxylic acids is 1. The highest BCUT2D eigenvalue weighted by Crippen LogP contribution is 2.29. The summed E-state index contributed by atoms with van der Waals surface area (Å²) in [4.78, 5) is 14.3. The molecule has 1 aromatic heterocycles. The van der Waals surface area contributed by atoms with E-state index in [2.05, 4.69) is 10.2 Å². The second-order valence-corrected chi connectivity index (χ2v) is 6.37. The number of amides is 1. The van der Waals surface area contributed by atoms with Gasteiger partial charge < -0.3 is 14.6 Å². The topological polar surface area (TPSA) is 71.2 Å². The Balaban J connectivity index is 1.61. The Morgan fingerprint density at radius 2 is 1.96 bits per heavy atom. The molecule has 0 bridgehead atoms. The van der Waals surface area contributed by atoms with Crippen molar-refractivity contribution in [1.29, 1.82) is 0 Å². The minimum absolute atomic E-state index is 0.0805. The molecule has 1 aliphatic heterocycles. The van der Waals surface area contributed by atoms with E-state index in [0.29, 0.717) is 30.3 Å². The molecule has 0 spiro atoms. The molecule has 0 atom stereocenters. The van der Waals surface area contributed by atoms with Gasteiger partial charge in [-0.1, -0.05) is 23.7 Å². The molecule has 0 unspecified atom stereocenters. The summed E-state index contributed by atoms with van der Waals surface area (Å²) in [5, 5.41) is 18.4. The second kappa shape index (κ2) is 6.42. The molecule has 0 fully saturated rings. The van der Waals surface area contributed by atoms with Crippen LogP contribution in [0.1, 0.15) is 16.2 Å². The molecule has 26 heavy (non-hydrogen) atoms. The molecular formula is C18H14ClFN4O2. The summed E-state index contributed by atoms with van der Waals surface area (Å²) in [7, 11) is 0. The fourth-order valence-electron chi connectivity index (χ4n) is 3.03. The van der Waals surface area contributed by atoms with Gasteiger partial charge in [-0.3, -0.25) is 4.79 Å². The van der Waals surface area contributed by atoms with Gasteiger partial charge in [-0.2, -0.15) is 0 Å². The zero-order valence-corrected chi connectivity index (χ0v) is 14.3. The number of benzene rings is 2. The van der Waals surface area contributed by atoms with Crippen molar-refractivity contribution in [3.05, 3.63) is 64.7 Å². The number of aromatic nitrogens is 3. The van der Waals surface area contributed by atoms with E-state index < -0.39 is 5.82 Å². The fraction of sp³-hybridized carbons (Fsp3) is 0.167. The maximum absolute atomic E-state index is 13.2. The molecule has 8 heteroatoms. The van der Waals surface area contributed by atoms with Crippen LogP contribution in [0.2, 0.25) is 5.02 Å². The highest BCUT2D eigenvalue weighted by Gasteiger charge is 2.27. The summed E-state index contributed by atoms with van der Waals surface area (Å²) in [5.74, 6) is 0.524. The molecule has 1 N–H and O–H groups in total. The van der Waals surface area contributed by atoms with Crippen LogP contribution in [0.4, 0.5) is 4.39 Å². The van der Waals surface area contributed by atoms with Crippen molar-refractivity contribution >= 4 is 17.5 Å². The lowest BCUT2D eigenvalue weighted by Crippen LogP contribution is -2.38. The summed E-state index contributed by atoms with van der Waals surface area (Å²) in [6, 6.07) is 10.6. The zero-order chi connectivity index (χ0) is 18.3. The summed E-state index contributed by atoms with van der Waals surface area (Å²) in [5.41, 5.74) is 0.842. The number of phenols is 1. The molecule has 3 aromatic rings. The maximum Gasteiger partial charge on any atom is 0.255 e. The normalized spacial score (nSPS) is 13.5. The molecule has 2 aromatic carbocycles. The van der Waals surface area contributed by atoms with Gasteiger partial charge in [0.05, 0.1) is 22.7 Å². The molecule has 1 aliphatic rings. The number of halogens is 2. The Kier molecular flexibility index (Phi) is 4.08. The van der Waals surface area contributed by atoms with Crippen LogP contribution >= 0.6 is 11.6 Å². The van der Waals surface area contributed by atoms with Crippen molar-refractivity contribution in [3.8, 4) is 17.1 Å². The summed E-state index contributed by atoms with van der Waals surface area (Å²) < 4.78 is 15.1. The quantitative estimate of drug-likeness (QED) is 0.750. The zero-order valence-electron chi connectivity index (χ0n) is 13.6. The average Bonchev–Trinajstić information content (AvgIpc) is 3.04. The van der Waals surface area contributed by atoms with E-state index in [9.17, 15) is 14.3 Å². The van der Waals surface area contributed by atoms with Gasteiger partial charge in [0.2, 0.25) is 0 Å². The lowest BCUT2D eigenvalue weighted by Gasteiger charge is -2.28. The Bertz CT molecular complexity index is 1000. The molecule has 2 heterocycles. The van der Waals surface area contributed by atoms with Gasteiger partial charge in [0, 0.05) is 13.1 Å². The lowest BCUT2D eigenvalue weighted by molar-refractivity contribution is 0.0708. The van der Waals surface area contributed by atoms with Crippen molar-refractivity contribution in [3.63, 3.8) is 0 Å². The first kappa shape index (κ1) is 16.5. The number of nitrogens with zero attached hydrogens (tertiary/aromatic N) is 4. The van der Waals surface area contributed by atoms with Crippen molar-refractivity contribution in [2.45, 2.75) is 13.1 Å². The van der Waals surface area contributed by atoms with Crippen LogP contribution < -0.4 is 0 Å². The Morgan fingerprint density at radius 3 is 2.73 bits per heavy atom. The third-order valence-corrected chi connectivity index (χ3v) is 4.66. The van der Waals surface area contributed by atoms with E-state index in [4.69, 9.17) is 11.6 Å². The molecule has 0 saturated heterocycles. The molecule has 0 radical (unpaired) electrons. The van der Waals surface area contributed by atoms with E-state index in [1.807, 2.05) is 10.6 Å². The van der Waals surface area contributed by atoms with Crippen molar-refractivity contribution in [1.82, 2.24) is 19.7 Å². The van der Waals surface area contributed by atoms with Crippen LogP contribution in [0, 0.1) is 5.82 Å². The van der Waals surface area contributed by atoms with E-state index in [0.717, 1.165) is 6.07 Å². The monoisotopic (exact) mass is 372 g/mol. The van der Waals surface area contributed by atoms with Crippen LogP contribution in [0.3, 0.4) is 0 Å². The first-order valence-electron chi connectivity index (χ1n) is 7.99. The first-order valence-corrected chi connectivity index (χ1v) is 8.37. The van der Waals surface area contributed by atoms with Crippen molar-refractivity contribution in [2.24, 2.45) is 0 Å². The first-order chi connectivity index (χ1) is 12.5. The number of phenolic OH excluding ortho intramolecular Hbond substituents is 1. The van der Waals surface area contributed by atoms with E-state index in [1.54, 1.807) is 23.1 Å². The van der Waals surface area contributed by atoms with Gasteiger partial charge in [-0.15, -0.1) is 10.2 Å². The maximum atomic E-state index is 13.2. The van der Waals surface area contributed by atoms with Crippen LogP contribution in [-0.4, -0.2) is 37.2 Å². The number of carbonyl (C=O) groups is 1. The van der Waals surface area contributed by atoms with Crippen LogP contribution in [0.5, 0.6) is 5.75 Å². The van der Waals surface area contributed by atoms with Crippen LogP contribution in [0.15, 0.2) is 42.5 Å². The molecular weight excluding hydrogens is 359 g/mol. The van der Waals surface area contributed by atoms with E-state index in [1.165, 1.54) is 12.1 Å². The van der Waals surface area contributed by atoms with E-state index >= 15 is 0 Å². The predicted molar refractivity (Wildman–Crippen MR) is 93.3 cm³/mol. The highest BCUT2D eigenvalue weighted by molar-refractivity contribution is 6.33. The van der Waals surface area contributed by atoms with Gasteiger partial charge in [0.25, 0.3) is 5.91 Å². The summed E-state index contributed by atoms with van der Waals surface area (Å²) in [6.07, 6.45) is 0. The minimum Gasteiger partial charge on any atom is -0.507 e. The molecule has 132 valence electrons. The summed E-state index contributed by atoms with van der Waals surface area (Å²) in [6.45, 7) is 1.17. The molecule has 6 nitrogen and oxygen atoms in total. The number of aromatic hydroxyl groups is 1. The summed E-state index contributed by atoms with van der Waals surface area (Å²) >= 11 is 6.00. The van der Waals surface area contributed by atoms with Gasteiger partial charge in [-0.05, 0) is 30.3 Å². The number of hydrogen-bond acceptors (Lipinski definition) is 4. The highest BCUT2D eigenvalue weighted by atomic mass is 35.5. The van der Waals surface area contributed by atoms with Gasteiger partial charge in [0.15, 0.2) is 11.6 Å². The second-order valence-electron chi connectivity index (χ2n) is 5.96. The average molecular weight is 373 g/mol. The Hall–Kier alpha value is -2.93. The molecule has 0 aliphatic carbocycles. The van der Waals surface area contributed by atoms with Crippen LogP contribution in [-0.2, 0) is 13.1 Å². The number of rotatable bonds is 2. The van der Waals surface area contributed by atoms with Crippen molar-refractivity contribution in [2.75, 3.05) is 6.54 Å². The third kappa shape index (κ3) is 2.80. The number of fused-ring (bicyclic) bond motifs is 1. The molecule has 4 rings (SSSR count). The Labute approximate surface area is 153 Å². The lowest BCUT2D eigenvalue weighted by atomic mass is 10.1. The number of para-hydroxylation sites is 1. The standard InChI is InChI=1S/C18H14ClFN4O2/c19-14-9-11(20)5-6-12(14)18(26)23-7-8-24-16(10-23)21-22-17(24)13-3-1-2-4-15(13)25/h1-6,9,25H,7-8,10H2. The van der Waals surface area contributed by atoms with Crippen LogP contribution in [0.25, 0.3) is 11.4 Å². The smallest absolute Gasteiger partial charge is 0.255 e. The van der Waals surface area contributed by atoms with Crippen molar-refractivity contribution < 1.29 is 14.3 Å². The largest absolute Gasteiger partial charge is 0.507 e. The Morgan fingerprint density at radius 1 is 1.15 bits per heavy atom. The van der Waals surface area contributed by atoms with Gasteiger partial charge >= 0.3 is 0 Å². The number of hydrogen-bond donors (Lipinski definition) is 1. The van der Waals surface area contributed by atoms with Gasteiger partial charge in [-0.25, -0.2) is 4.39 Å².